The van der Waals surface area contributed by atoms with Crippen LogP contribution in [-0.2, 0) is 4.79 Å². The van der Waals surface area contributed by atoms with Crippen LogP contribution in [-0.4, -0.2) is 10.2 Å². The lowest BCUT2D eigenvalue weighted by molar-refractivity contribution is -0.113. The normalized spacial score (nSPS) is 16.7. The minimum absolute atomic E-state index is 0.118. The van der Waals surface area contributed by atoms with Crippen molar-refractivity contribution in [1.29, 1.82) is 0 Å². The number of furan rings is 1. The molecule has 0 N–H and O–H groups in total. The number of fused-ring (bicyclic) bond motifs is 1. The summed E-state index contributed by atoms with van der Waals surface area (Å²) in [7, 11) is 0. The smallest absolute Gasteiger partial charge is 0.270 e. The van der Waals surface area contributed by atoms with E-state index in [1.165, 1.54) is 11.8 Å². The van der Waals surface area contributed by atoms with Crippen LogP contribution >= 0.6 is 24.0 Å². The second-order valence-corrected chi connectivity index (χ2v) is 6.71. The predicted molar refractivity (Wildman–Crippen MR) is 98.3 cm³/mol. The van der Waals surface area contributed by atoms with Gasteiger partial charge < -0.3 is 4.42 Å². The van der Waals surface area contributed by atoms with Crippen LogP contribution in [0, 0.1) is 0 Å². The Morgan fingerprint density at radius 2 is 1.87 bits per heavy atom. The number of benzene rings is 2. The van der Waals surface area contributed by atoms with Gasteiger partial charge in [-0.25, -0.2) is 0 Å². The maximum atomic E-state index is 12.8. The number of carbonyl (C=O) groups excluding carboxylic acids is 1. The molecule has 23 heavy (non-hydrogen) atoms. The van der Waals surface area contributed by atoms with Crippen molar-refractivity contribution in [2.24, 2.45) is 0 Å². The van der Waals surface area contributed by atoms with Crippen molar-refractivity contribution in [3.8, 4) is 0 Å². The van der Waals surface area contributed by atoms with Gasteiger partial charge in [0.25, 0.3) is 5.91 Å². The molecule has 0 radical (unpaired) electrons. The molecule has 0 unspecified atom stereocenters. The molecule has 0 saturated carbocycles. The largest absolute Gasteiger partial charge is 0.465 e. The number of hydrogen-bond acceptors (Lipinski definition) is 4. The number of thioether (sulfide) groups is 1. The Labute approximate surface area is 142 Å². The first-order valence-electron chi connectivity index (χ1n) is 7.03. The van der Waals surface area contributed by atoms with Gasteiger partial charge in [0, 0.05) is 11.5 Å². The number of amides is 1. The Balaban J connectivity index is 1.80. The van der Waals surface area contributed by atoms with E-state index in [0.717, 1.165) is 16.5 Å². The van der Waals surface area contributed by atoms with Crippen LogP contribution in [0.15, 0.2) is 70.2 Å². The minimum Gasteiger partial charge on any atom is -0.465 e. The van der Waals surface area contributed by atoms with E-state index in [9.17, 15) is 4.79 Å². The summed E-state index contributed by atoms with van der Waals surface area (Å²) in [6.07, 6.45) is 3.31. The van der Waals surface area contributed by atoms with Gasteiger partial charge in [-0.2, -0.15) is 0 Å². The van der Waals surface area contributed by atoms with Gasteiger partial charge in [0.15, 0.2) is 4.32 Å². The van der Waals surface area contributed by atoms with Crippen molar-refractivity contribution in [2.45, 2.75) is 0 Å². The average Bonchev–Trinajstić information content (AvgIpc) is 3.16. The molecule has 1 aromatic heterocycles. The highest BCUT2D eigenvalue weighted by atomic mass is 32.2. The van der Waals surface area contributed by atoms with E-state index < -0.39 is 0 Å². The summed E-state index contributed by atoms with van der Waals surface area (Å²) in [6.45, 7) is 0. The van der Waals surface area contributed by atoms with Crippen molar-refractivity contribution in [2.75, 3.05) is 4.90 Å². The second-order valence-electron chi connectivity index (χ2n) is 5.03. The highest BCUT2D eigenvalue weighted by Gasteiger charge is 2.34. The molecule has 112 valence electrons. The van der Waals surface area contributed by atoms with Crippen LogP contribution < -0.4 is 4.90 Å². The first-order valence-corrected chi connectivity index (χ1v) is 8.26. The molecule has 3 aromatic rings. The summed E-state index contributed by atoms with van der Waals surface area (Å²) in [6, 6.07) is 17.4. The van der Waals surface area contributed by atoms with Crippen LogP contribution in [0.2, 0.25) is 0 Å². The standard InChI is InChI=1S/C18H11NO2S2/c20-17-16(11-13-7-4-10-21-13)23-18(22)19(17)15-9-3-6-12-5-1-2-8-14(12)15/h1-11H/b16-11-. The molecule has 2 heterocycles. The molecule has 4 rings (SSSR count). The number of hydrogen-bond donors (Lipinski definition) is 0. The number of nitrogens with zero attached hydrogens (tertiary/aromatic N) is 1. The molecule has 5 heteroatoms. The Morgan fingerprint density at radius 1 is 1.04 bits per heavy atom. The van der Waals surface area contributed by atoms with E-state index in [-0.39, 0.29) is 5.91 Å². The van der Waals surface area contributed by atoms with Gasteiger partial charge in [0.05, 0.1) is 16.9 Å². The molecule has 3 nitrogen and oxygen atoms in total. The zero-order chi connectivity index (χ0) is 15.8. The lowest BCUT2D eigenvalue weighted by atomic mass is 10.1. The molecule has 1 amide bonds. The van der Waals surface area contributed by atoms with Gasteiger partial charge in [-0.05, 0) is 23.6 Å². The van der Waals surface area contributed by atoms with E-state index in [1.807, 2.05) is 48.5 Å². The van der Waals surface area contributed by atoms with Crippen molar-refractivity contribution in [3.63, 3.8) is 0 Å². The van der Waals surface area contributed by atoms with Crippen molar-refractivity contribution in [1.82, 2.24) is 0 Å². The van der Waals surface area contributed by atoms with E-state index in [4.69, 9.17) is 16.6 Å². The van der Waals surface area contributed by atoms with E-state index in [0.29, 0.717) is 15.0 Å². The quantitative estimate of drug-likeness (QED) is 0.495. The molecule has 0 spiro atoms. The fraction of sp³-hybridized carbons (Fsp3) is 0. The van der Waals surface area contributed by atoms with E-state index in [1.54, 1.807) is 23.3 Å². The summed E-state index contributed by atoms with van der Waals surface area (Å²) in [4.78, 5) is 15.0. The molecule has 0 aliphatic carbocycles. The maximum absolute atomic E-state index is 12.8. The van der Waals surface area contributed by atoms with Gasteiger partial charge in [0.1, 0.15) is 5.76 Å². The molecular formula is C18H11NO2S2. The maximum Gasteiger partial charge on any atom is 0.270 e. The van der Waals surface area contributed by atoms with Gasteiger partial charge in [-0.15, -0.1) is 0 Å². The molecule has 2 aromatic carbocycles. The lowest BCUT2D eigenvalue weighted by Crippen LogP contribution is -2.27. The zero-order valence-electron chi connectivity index (χ0n) is 11.9. The van der Waals surface area contributed by atoms with E-state index >= 15 is 0 Å². The third kappa shape index (κ3) is 2.48. The Kier molecular flexibility index (Phi) is 3.52. The zero-order valence-corrected chi connectivity index (χ0v) is 13.6. The van der Waals surface area contributed by atoms with Crippen LogP contribution in [0.5, 0.6) is 0 Å². The minimum atomic E-state index is -0.118. The highest BCUT2D eigenvalue weighted by Crippen LogP contribution is 2.38. The fourth-order valence-corrected chi connectivity index (χ4v) is 3.85. The SMILES string of the molecule is O=C1/C(=C/c2ccco2)SC(=S)N1c1cccc2ccccc12. The fourth-order valence-electron chi connectivity index (χ4n) is 2.58. The lowest BCUT2D eigenvalue weighted by Gasteiger charge is -2.17. The van der Waals surface area contributed by atoms with Gasteiger partial charge in [-0.1, -0.05) is 60.4 Å². The highest BCUT2D eigenvalue weighted by molar-refractivity contribution is 8.27. The van der Waals surface area contributed by atoms with Crippen molar-refractivity contribution < 1.29 is 9.21 Å². The number of thiocarbonyl (C=S) groups is 1. The third-order valence-electron chi connectivity index (χ3n) is 3.62. The predicted octanol–water partition coefficient (Wildman–Crippen LogP) is 4.84. The summed E-state index contributed by atoms with van der Waals surface area (Å²) in [5.74, 6) is 0.524. The summed E-state index contributed by atoms with van der Waals surface area (Å²) < 4.78 is 5.82. The average molecular weight is 337 g/mol. The molecular weight excluding hydrogens is 326 g/mol. The molecule has 0 bridgehead atoms. The number of rotatable bonds is 2. The molecule has 1 aliphatic heterocycles. The monoisotopic (exact) mass is 337 g/mol. The van der Waals surface area contributed by atoms with Gasteiger partial charge >= 0.3 is 0 Å². The summed E-state index contributed by atoms with van der Waals surface area (Å²) in [5, 5.41) is 2.08. The van der Waals surface area contributed by atoms with Gasteiger partial charge in [0.2, 0.25) is 0 Å². The van der Waals surface area contributed by atoms with Crippen LogP contribution in [0.1, 0.15) is 5.76 Å². The summed E-state index contributed by atoms with van der Waals surface area (Å²) >= 11 is 6.72. The van der Waals surface area contributed by atoms with Crippen molar-refractivity contribution in [3.05, 3.63) is 71.5 Å². The van der Waals surface area contributed by atoms with Crippen molar-refractivity contribution >= 4 is 56.7 Å². The second kappa shape index (κ2) is 5.68. The van der Waals surface area contributed by atoms with E-state index in [2.05, 4.69) is 0 Å². The Bertz CT molecular complexity index is 939. The number of anilines is 1. The molecule has 0 atom stereocenters. The topological polar surface area (TPSA) is 33.5 Å². The Hall–Kier alpha value is -2.37. The first kappa shape index (κ1) is 14.2. The third-order valence-corrected chi connectivity index (χ3v) is 4.92. The van der Waals surface area contributed by atoms with Crippen LogP contribution in [0.25, 0.3) is 16.8 Å². The molecule has 1 saturated heterocycles. The molecule has 1 fully saturated rings. The van der Waals surface area contributed by atoms with Gasteiger partial charge in [-0.3, -0.25) is 9.69 Å². The van der Waals surface area contributed by atoms with Crippen LogP contribution in [0.3, 0.4) is 0 Å². The molecule has 1 aliphatic rings. The number of carbonyl (C=O) groups is 1. The van der Waals surface area contributed by atoms with Crippen LogP contribution in [0.4, 0.5) is 5.69 Å². The first-order chi connectivity index (χ1) is 11.2. The summed E-state index contributed by atoms with van der Waals surface area (Å²) in [5.41, 5.74) is 0.813. The Morgan fingerprint density at radius 3 is 2.70 bits per heavy atom.